The van der Waals surface area contributed by atoms with Crippen LogP contribution in [0.2, 0.25) is 0 Å². The summed E-state index contributed by atoms with van der Waals surface area (Å²) in [6.45, 7) is 1.96. The summed E-state index contributed by atoms with van der Waals surface area (Å²) >= 11 is 6.07. The average Bonchev–Trinajstić information content (AvgIpc) is 2.82. The molecule has 3 heterocycles. The minimum atomic E-state index is -0.743. The van der Waals surface area contributed by atoms with Crippen LogP contribution in [0.3, 0.4) is 0 Å². The zero-order chi connectivity index (χ0) is 15.0. The van der Waals surface area contributed by atoms with Crippen molar-refractivity contribution in [2.24, 2.45) is 5.11 Å². The van der Waals surface area contributed by atoms with Crippen molar-refractivity contribution in [2.45, 2.75) is 37.6 Å². The van der Waals surface area contributed by atoms with Crippen molar-refractivity contribution in [1.82, 2.24) is 9.55 Å². The Hall–Kier alpha value is -1.76. The van der Waals surface area contributed by atoms with Crippen LogP contribution >= 0.6 is 11.6 Å². The molecule has 3 atom stereocenters. The van der Waals surface area contributed by atoms with E-state index >= 15 is 0 Å². The summed E-state index contributed by atoms with van der Waals surface area (Å²) in [5.74, 6) is 0.207. The first-order valence-corrected chi connectivity index (χ1v) is 7.13. The smallest absolute Gasteiger partial charge is 0.301 e. The summed E-state index contributed by atoms with van der Waals surface area (Å²) in [7, 11) is 0. The first kappa shape index (κ1) is 14.2. The first-order valence-electron chi connectivity index (χ1n) is 6.60. The van der Waals surface area contributed by atoms with Crippen LogP contribution < -0.4 is 10.3 Å². The molecule has 1 unspecified atom stereocenters. The molecule has 0 spiro atoms. The molecule has 112 valence electrons. The van der Waals surface area contributed by atoms with Crippen LogP contribution in [-0.2, 0) is 4.74 Å². The number of hydrogen-bond donors (Lipinski definition) is 0. The van der Waals surface area contributed by atoms with E-state index in [1.165, 1.54) is 0 Å². The van der Waals surface area contributed by atoms with Crippen molar-refractivity contribution in [3.8, 4) is 6.01 Å². The van der Waals surface area contributed by atoms with Gasteiger partial charge in [0.15, 0.2) is 0 Å². The first-order chi connectivity index (χ1) is 10.1. The number of alkyl halides is 1. The normalized spacial score (nSPS) is 30.6. The number of rotatable bonds is 2. The highest BCUT2D eigenvalue weighted by molar-refractivity contribution is 6.18. The summed E-state index contributed by atoms with van der Waals surface area (Å²) in [5, 5.41) is 3.83. The van der Waals surface area contributed by atoms with Gasteiger partial charge in [0.05, 0.1) is 24.1 Å². The van der Waals surface area contributed by atoms with Crippen molar-refractivity contribution in [3.63, 3.8) is 0 Å². The molecule has 3 rings (SSSR count). The van der Waals surface area contributed by atoms with Crippen LogP contribution in [0, 0.1) is 6.92 Å². The van der Waals surface area contributed by atoms with Crippen LogP contribution in [-0.4, -0.2) is 33.7 Å². The van der Waals surface area contributed by atoms with Gasteiger partial charge in [0.25, 0.3) is 5.56 Å². The Kier molecular flexibility index (Phi) is 3.52. The van der Waals surface area contributed by atoms with Crippen molar-refractivity contribution in [1.29, 1.82) is 0 Å². The number of nitrogens with zero attached hydrogens (tertiary/aromatic N) is 5. The zero-order valence-corrected chi connectivity index (χ0v) is 12.2. The van der Waals surface area contributed by atoms with Crippen LogP contribution in [0.5, 0.6) is 6.01 Å². The fourth-order valence-electron chi connectivity index (χ4n) is 2.78. The van der Waals surface area contributed by atoms with Crippen molar-refractivity contribution in [2.75, 3.05) is 12.5 Å². The Morgan fingerprint density at radius 3 is 3.24 bits per heavy atom. The maximum Gasteiger partial charge on any atom is 0.301 e. The Morgan fingerprint density at radius 2 is 2.52 bits per heavy atom. The van der Waals surface area contributed by atoms with Crippen LogP contribution in [0.25, 0.3) is 10.4 Å². The molecule has 0 amide bonds. The lowest BCUT2D eigenvalue weighted by Gasteiger charge is -2.32. The second kappa shape index (κ2) is 5.22. The number of azide groups is 1. The molecule has 21 heavy (non-hydrogen) atoms. The number of fused-ring (bicyclic) bond motifs is 4. The summed E-state index contributed by atoms with van der Waals surface area (Å²) in [6, 6.07) is -0.153. The van der Waals surface area contributed by atoms with Gasteiger partial charge in [0.2, 0.25) is 0 Å². The molecule has 1 saturated heterocycles. The molecule has 0 N–H and O–H groups in total. The van der Waals surface area contributed by atoms with Crippen LogP contribution in [0.15, 0.2) is 16.1 Å². The molecule has 0 aliphatic carbocycles. The van der Waals surface area contributed by atoms with Gasteiger partial charge in [-0.05, 0) is 12.5 Å². The number of hydrogen-bond acceptors (Lipinski definition) is 5. The highest BCUT2D eigenvalue weighted by Gasteiger charge is 2.49. The molecular weight excluding hydrogens is 298 g/mol. The second-order valence-electron chi connectivity index (χ2n) is 5.24. The van der Waals surface area contributed by atoms with E-state index in [1.807, 2.05) is 0 Å². The van der Waals surface area contributed by atoms with E-state index in [1.54, 1.807) is 17.7 Å². The fraction of sp³-hybridized carbons (Fsp3) is 0.667. The highest BCUT2D eigenvalue weighted by Crippen LogP contribution is 2.44. The van der Waals surface area contributed by atoms with Gasteiger partial charge >= 0.3 is 6.01 Å². The Morgan fingerprint density at radius 1 is 1.71 bits per heavy atom. The Balaban J connectivity index is 2.08. The minimum absolute atomic E-state index is 0.207. The van der Waals surface area contributed by atoms with Crippen LogP contribution in [0.1, 0.15) is 24.6 Å². The van der Waals surface area contributed by atoms with Gasteiger partial charge in [0.1, 0.15) is 6.23 Å². The largest absolute Gasteiger partial charge is 0.464 e. The lowest BCUT2D eigenvalue weighted by Crippen LogP contribution is -2.42. The molecular formula is C12H14ClN5O3. The molecule has 2 aliphatic rings. The van der Waals surface area contributed by atoms with Crippen molar-refractivity contribution >= 4 is 11.6 Å². The van der Waals surface area contributed by atoms with E-state index in [4.69, 9.17) is 26.6 Å². The minimum Gasteiger partial charge on any atom is -0.464 e. The van der Waals surface area contributed by atoms with E-state index in [0.717, 1.165) is 0 Å². The molecule has 0 aromatic carbocycles. The second-order valence-corrected chi connectivity index (χ2v) is 5.51. The number of ether oxygens (including phenoxy) is 2. The molecule has 0 radical (unpaired) electrons. The van der Waals surface area contributed by atoms with Crippen molar-refractivity contribution < 1.29 is 9.47 Å². The molecule has 2 bridgehead atoms. The topological polar surface area (TPSA) is 102 Å². The zero-order valence-electron chi connectivity index (χ0n) is 11.4. The SMILES string of the molecule is Cc1cn2c(nc1=O)OCC[C@@]1(CCl)O[C@@H]2CC1N=[N+]=[N-]. The third kappa shape index (κ3) is 2.25. The van der Waals surface area contributed by atoms with E-state index in [2.05, 4.69) is 15.0 Å². The predicted molar refractivity (Wildman–Crippen MR) is 74.5 cm³/mol. The lowest BCUT2D eigenvalue weighted by atomic mass is 9.93. The van der Waals surface area contributed by atoms with Gasteiger partial charge < -0.3 is 9.47 Å². The lowest BCUT2D eigenvalue weighted by molar-refractivity contribution is -0.0859. The van der Waals surface area contributed by atoms with Crippen molar-refractivity contribution in [3.05, 3.63) is 32.6 Å². The maximum atomic E-state index is 11.6. The number of aryl methyl sites for hydroxylation is 1. The third-order valence-electron chi connectivity index (χ3n) is 3.97. The van der Waals surface area contributed by atoms with E-state index in [9.17, 15) is 4.79 Å². The average molecular weight is 312 g/mol. The molecule has 8 nitrogen and oxygen atoms in total. The van der Waals surface area contributed by atoms with E-state index < -0.39 is 11.8 Å². The van der Waals surface area contributed by atoms with Gasteiger partial charge in [-0.15, -0.1) is 11.6 Å². The summed E-state index contributed by atoms with van der Waals surface area (Å²) in [4.78, 5) is 18.5. The standard InChI is InChI=1S/C12H14ClN5O3/c1-7-5-18-9-4-8(16-17-14)12(6-13,21-9)2-3-20-11(18)15-10(7)19/h5,8-9H,2-4,6H2,1H3/t8?,9-,12+/m1/s1. The maximum absolute atomic E-state index is 11.6. The number of halogens is 1. The fourth-order valence-corrected chi connectivity index (χ4v) is 3.16. The molecule has 2 aliphatic heterocycles. The van der Waals surface area contributed by atoms with Gasteiger partial charge in [-0.25, -0.2) is 0 Å². The Labute approximate surface area is 125 Å². The van der Waals surface area contributed by atoms with Gasteiger partial charge in [-0.2, -0.15) is 4.98 Å². The van der Waals surface area contributed by atoms with E-state index in [0.29, 0.717) is 18.4 Å². The third-order valence-corrected chi connectivity index (χ3v) is 4.43. The highest BCUT2D eigenvalue weighted by atomic mass is 35.5. The summed E-state index contributed by atoms with van der Waals surface area (Å²) in [6.07, 6.45) is 2.18. The van der Waals surface area contributed by atoms with Gasteiger partial charge in [0, 0.05) is 29.5 Å². The van der Waals surface area contributed by atoms with Gasteiger partial charge in [-0.3, -0.25) is 9.36 Å². The molecule has 1 aromatic rings. The monoisotopic (exact) mass is 311 g/mol. The van der Waals surface area contributed by atoms with E-state index in [-0.39, 0.29) is 30.1 Å². The summed E-state index contributed by atoms with van der Waals surface area (Å²) < 4.78 is 13.3. The molecule has 1 fully saturated rings. The molecule has 1 aromatic heterocycles. The number of aromatic nitrogens is 2. The predicted octanol–water partition coefficient (Wildman–Crippen LogP) is 1.91. The Bertz CT molecular complexity index is 671. The van der Waals surface area contributed by atoms with Crippen LogP contribution in [0.4, 0.5) is 0 Å². The molecule has 9 heteroatoms. The van der Waals surface area contributed by atoms with Gasteiger partial charge in [-0.1, -0.05) is 5.11 Å². The molecule has 0 saturated carbocycles. The quantitative estimate of drug-likeness (QED) is 0.360. The summed E-state index contributed by atoms with van der Waals surface area (Å²) in [5.41, 5.74) is 8.17.